The molecule has 4 heteroatoms. The molecule has 1 unspecified atom stereocenters. The predicted molar refractivity (Wildman–Crippen MR) is 68.6 cm³/mol. The van der Waals surface area contributed by atoms with Gasteiger partial charge in [0, 0.05) is 18.5 Å². The third-order valence-electron chi connectivity index (χ3n) is 2.93. The molecular weight excluding hydrogens is 216 g/mol. The van der Waals surface area contributed by atoms with Crippen molar-refractivity contribution in [2.24, 2.45) is 0 Å². The van der Waals surface area contributed by atoms with Gasteiger partial charge in [0.15, 0.2) is 0 Å². The number of anilines is 2. The Kier molecular flexibility index (Phi) is 3.52. The lowest BCUT2D eigenvalue weighted by Crippen LogP contribution is -2.22. The number of hydrogen-bond donors (Lipinski definition) is 2. The standard InChI is InChI=1S/C13H18N2O2/c1-3-4-9-7-13(16)15-12-8-10(17-2)5-6-11(12)14-9/h5-6,8-9,14H,3-4,7H2,1-2H3,(H,15,16). The molecule has 4 nitrogen and oxygen atoms in total. The summed E-state index contributed by atoms with van der Waals surface area (Å²) < 4.78 is 5.15. The Morgan fingerprint density at radius 1 is 1.41 bits per heavy atom. The fourth-order valence-electron chi connectivity index (χ4n) is 2.10. The molecule has 0 saturated heterocycles. The smallest absolute Gasteiger partial charge is 0.226 e. The van der Waals surface area contributed by atoms with E-state index in [1.54, 1.807) is 7.11 Å². The number of hydrogen-bond acceptors (Lipinski definition) is 3. The zero-order valence-corrected chi connectivity index (χ0v) is 10.2. The molecule has 2 N–H and O–H groups in total. The summed E-state index contributed by atoms with van der Waals surface area (Å²) in [6.45, 7) is 2.12. The zero-order chi connectivity index (χ0) is 12.3. The minimum absolute atomic E-state index is 0.0583. The minimum Gasteiger partial charge on any atom is -0.497 e. The third kappa shape index (κ3) is 2.70. The average Bonchev–Trinajstić information content (AvgIpc) is 2.46. The van der Waals surface area contributed by atoms with E-state index < -0.39 is 0 Å². The molecule has 1 atom stereocenters. The number of amides is 1. The van der Waals surface area contributed by atoms with Gasteiger partial charge in [0.1, 0.15) is 5.75 Å². The summed E-state index contributed by atoms with van der Waals surface area (Å²) >= 11 is 0. The molecule has 1 heterocycles. The van der Waals surface area contributed by atoms with Crippen LogP contribution in [0.5, 0.6) is 5.75 Å². The minimum atomic E-state index is 0.0583. The first-order valence-electron chi connectivity index (χ1n) is 5.97. The van der Waals surface area contributed by atoms with Crippen molar-refractivity contribution in [1.29, 1.82) is 0 Å². The normalized spacial score (nSPS) is 18.7. The predicted octanol–water partition coefficient (Wildman–Crippen LogP) is 2.62. The highest BCUT2D eigenvalue weighted by Gasteiger charge is 2.20. The molecule has 0 bridgehead atoms. The lowest BCUT2D eigenvalue weighted by atomic mass is 10.1. The van der Waals surface area contributed by atoms with Crippen molar-refractivity contribution in [2.75, 3.05) is 17.7 Å². The number of nitrogens with one attached hydrogen (secondary N) is 2. The van der Waals surface area contributed by atoms with Crippen molar-refractivity contribution in [3.05, 3.63) is 18.2 Å². The van der Waals surface area contributed by atoms with Gasteiger partial charge in [0.05, 0.1) is 18.5 Å². The first-order chi connectivity index (χ1) is 8.22. The highest BCUT2D eigenvalue weighted by Crippen LogP contribution is 2.30. The number of ether oxygens (including phenoxy) is 1. The number of carbonyl (C=O) groups is 1. The van der Waals surface area contributed by atoms with Crippen LogP contribution < -0.4 is 15.4 Å². The molecule has 1 aliphatic heterocycles. The number of carbonyl (C=O) groups excluding carboxylic acids is 1. The van der Waals surface area contributed by atoms with Crippen LogP contribution in [0.1, 0.15) is 26.2 Å². The van der Waals surface area contributed by atoms with E-state index in [2.05, 4.69) is 17.6 Å². The number of methoxy groups -OCH3 is 1. The van der Waals surface area contributed by atoms with Gasteiger partial charge in [-0.25, -0.2) is 0 Å². The van der Waals surface area contributed by atoms with Crippen molar-refractivity contribution in [2.45, 2.75) is 32.2 Å². The Morgan fingerprint density at radius 3 is 2.94 bits per heavy atom. The van der Waals surface area contributed by atoms with Crippen LogP contribution >= 0.6 is 0 Å². The van der Waals surface area contributed by atoms with Crippen molar-refractivity contribution < 1.29 is 9.53 Å². The van der Waals surface area contributed by atoms with Gasteiger partial charge in [-0.05, 0) is 18.6 Å². The third-order valence-corrected chi connectivity index (χ3v) is 2.93. The molecule has 0 aromatic heterocycles. The Balaban J connectivity index is 2.27. The van der Waals surface area contributed by atoms with E-state index in [1.807, 2.05) is 18.2 Å². The van der Waals surface area contributed by atoms with Crippen LogP contribution in [0.2, 0.25) is 0 Å². The Hall–Kier alpha value is -1.71. The fourth-order valence-corrected chi connectivity index (χ4v) is 2.10. The Labute approximate surface area is 101 Å². The molecule has 1 aliphatic rings. The van der Waals surface area contributed by atoms with Crippen LogP contribution in [0.3, 0.4) is 0 Å². The summed E-state index contributed by atoms with van der Waals surface area (Å²) in [5, 5.41) is 6.31. The molecule has 0 fully saturated rings. The van der Waals surface area contributed by atoms with Crippen LogP contribution in [0.25, 0.3) is 0 Å². The lowest BCUT2D eigenvalue weighted by molar-refractivity contribution is -0.116. The van der Waals surface area contributed by atoms with Crippen LogP contribution in [0, 0.1) is 0 Å². The second-order valence-electron chi connectivity index (χ2n) is 4.29. The number of rotatable bonds is 3. The molecule has 92 valence electrons. The maximum atomic E-state index is 11.7. The molecule has 0 saturated carbocycles. The summed E-state index contributed by atoms with van der Waals surface area (Å²) in [6, 6.07) is 5.90. The molecule has 2 rings (SSSR count). The highest BCUT2D eigenvalue weighted by atomic mass is 16.5. The van der Waals surface area contributed by atoms with Crippen molar-refractivity contribution in [1.82, 2.24) is 0 Å². The maximum absolute atomic E-state index is 11.7. The molecule has 0 aliphatic carbocycles. The summed E-state index contributed by atoms with van der Waals surface area (Å²) in [7, 11) is 1.62. The van der Waals surface area contributed by atoms with E-state index in [1.165, 1.54) is 0 Å². The SMILES string of the molecule is CCCC1CC(=O)Nc2cc(OC)ccc2N1. The van der Waals surface area contributed by atoms with Crippen LogP contribution in [-0.4, -0.2) is 19.1 Å². The largest absolute Gasteiger partial charge is 0.497 e. The van der Waals surface area contributed by atoms with Crippen LogP contribution in [-0.2, 0) is 4.79 Å². The molecule has 0 radical (unpaired) electrons. The van der Waals surface area contributed by atoms with Gasteiger partial charge < -0.3 is 15.4 Å². The van der Waals surface area contributed by atoms with Gasteiger partial charge in [-0.1, -0.05) is 13.3 Å². The summed E-state index contributed by atoms with van der Waals surface area (Å²) in [4.78, 5) is 11.7. The summed E-state index contributed by atoms with van der Waals surface area (Å²) in [5.74, 6) is 0.808. The van der Waals surface area contributed by atoms with Gasteiger partial charge in [-0.2, -0.15) is 0 Å². The summed E-state index contributed by atoms with van der Waals surface area (Å²) in [5.41, 5.74) is 1.77. The highest BCUT2D eigenvalue weighted by molar-refractivity contribution is 5.96. The van der Waals surface area contributed by atoms with Gasteiger partial charge >= 0.3 is 0 Å². The first-order valence-corrected chi connectivity index (χ1v) is 5.97. The van der Waals surface area contributed by atoms with Gasteiger partial charge in [0.25, 0.3) is 0 Å². The molecule has 1 amide bonds. The quantitative estimate of drug-likeness (QED) is 0.845. The second kappa shape index (κ2) is 5.08. The number of fused-ring (bicyclic) bond motifs is 1. The second-order valence-corrected chi connectivity index (χ2v) is 4.29. The Morgan fingerprint density at radius 2 is 2.24 bits per heavy atom. The molecule has 1 aromatic rings. The van der Waals surface area contributed by atoms with E-state index in [0.717, 1.165) is 30.0 Å². The van der Waals surface area contributed by atoms with E-state index in [9.17, 15) is 4.79 Å². The number of benzene rings is 1. The van der Waals surface area contributed by atoms with Crippen molar-refractivity contribution >= 4 is 17.3 Å². The van der Waals surface area contributed by atoms with Gasteiger partial charge in [-0.15, -0.1) is 0 Å². The van der Waals surface area contributed by atoms with Crippen LogP contribution in [0.15, 0.2) is 18.2 Å². The first kappa shape index (κ1) is 11.8. The zero-order valence-electron chi connectivity index (χ0n) is 10.2. The van der Waals surface area contributed by atoms with Crippen molar-refractivity contribution in [3.63, 3.8) is 0 Å². The van der Waals surface area contributed by atoms with E-state index in [0.29, 0.717) is 6.42 Å². The summed E-state index contributed by atoms with van der Waals surface area (Å²) in [6.07, 6.45) is 2.58. The lowest BCUT2D eigenvalue weighted by Gasteiger charge is -2.16. The maximum Gasteiger partial charge on any atom is 0.226 e. The van der Waals surface area contributed by atoms with E-state index in [-0.39, 0.29) is 11.9 Å². The Bertz CT molecular complexity index is 418. The monoisotopic (exact) mass is 234 g/mol. The fraction of sp³-hybridized carbons (Fsp3) is 0.462. The van der Waals surface area contributed by atoms with Gasteiger partial charge in [-0.3, -0.25) is 4.79 Å². The average molecular weight is 234 g/mol. The van der Waals surface area contributed by atoms with E-state index >= 15 is 0 Å². The molecule has 0 spiro atoms. The topological polar surface area (TPSA) is 50.4 Å². The molecular formula is C13H18N2O2. The van der Waals surface area contributed by atoms with Gasteiger partial charge in [0.2, 0.25) is 5.91 Å². The van der Waals surface area contributed by atoms with E-state index in [4.69, 9.17) is 4.74 Å². The molecule has 17 heavy (non-hydrogen) atoms. The van der Waals surface area contributed by atoms with Crippen molar-refractivity contribution in [3.8, 4) is 5.75 Å². The molecule has 1 aromatic carbocycles. The van der Waals surface area contributed by atoms with Crippen LogP contribution in [0.4, 0.5) is 11.4 Å².